The van der Waals surface area contributed by atoms with Crippen molar-refractivity contribution >= 4 is 15.9 Å². The maximum Gasteiger partial charge on any atom is 0.0503 e. The molecule has 4 heteroatoms. The number of pyridine rings is 1. The summed E-state index contributed by atoms with van der Waals surface area (Å²) in [4.78, 5) is 4.12. The molecule has 1 fully saturated rings. The van der Waals surface area contributed by atoms with Gasteiger partial charge in [0.2, 0.25) is 0 Å². The molecule has 0 spiro atoms. The maximum atomic E-state index is 5.50. The van der Waals surface area contributed by atoms with Gasteiger partial charge in [0.1, 0.15) is 0 Å². The summed E-state index contributed by atoms with van der Waals surface area (Å²) in [5.74, 6) is 6.20. The number of hydrogen-bond acceptors (Lipinski definition) is 3. The van der Waals surface area contributed by atoms with E-state index in [-0.39, 0.29) is 6.04 Å². The van der Waals surface area contributed by atoms with E-state index < -0.39 is 0 Å². The molecule has 3 nitrogen and oxygen atoms in total. The number of nitrogens with zero attached hydrogens (tertiary/aromatic N) is 1. The molecule has 0 radical (unpaired) electrons. The summed E-state index contributed by atoms with van der Waals surface area (Å²) in [5, 5.41) is 0. The van der Waals surface area contributed by atoms with Gasteiger partial charge in [-0.1, -0.05) is 0 Å². The highest BCUT2D eigenvalue weighted by atomic mass is 79.9. The Bertz CT molecular complexity index is 299. The highest BCUT2D eigenvalue weighted by molar-refractivity contribution is 9.10. The molecule has 2 rings (SSSR count). The van der Waals surface area contributed by atoms with Crippen LogP contribution in [0.3, 0.4) is 0 Å². The maximum absolute atomic E-state index is 5.50. The van der Waals surface area contributed by atoms with Crippen LogP contribution in [0.2, 0.25) is 0 Å². The summed E-state index contributed by atoms with van der Waals surface area (Å²) >= 11 is 3.40. The Morgan fingerprint density at radius 2 is 2.31 bits per heavy atom. The minimum atomic E-state index is 0.269. The van der Waals surface area contributed by atoms with E-state index in [1.165, 1.54) is 18.4 Å². The molecule has 3 N–H and O–H groups in total. The van der Waals surface area contributed by atoms with Crippen LogP contribution in [-0.2, 0) is 0 Å². The number of halogens is 1. The Morgan fingerprint density at radius 1 is 1.54 bits per heavy atom. The second-order valence-electron chi connectivity index (χ2n) is 3.42. The van der Waals surface area contributed by atoms with Gasteiger partial charge in [0.15, 0.2) is 0 Å². The molecule has 1 aromatic heterocycles. The van der Waals surface area contributed by atoms with Crippen LogP contribution in [0, 0.1) is 5.92 Å². The van der Waals surface area contributed by atoms with Gasteiger partial charge in [-0.05, 0) is 46.3 Å². The highest BCUT2D eigenvalue weighted by Crippen LogP contribution is 2.40. The fourth-order valence-corrected chi connectivity index (χ4v) is 1.91. The molecule has 1 aliphatic rings. The second-order valence-corrected chi connectivity index (χ2v) is 4.33. The third kappa shape index (κ3) is 2.07. The summed E-state index contributed by atoms with van der Waals surface area (Å²) in [6.07, 6.45) is 6.18. The SMILES string of the molecule is NNC(c1cncc(Br)c1)C1CC1. The minimum Gasteiger partial charge on any atom is -0.271 e. The summed E-state index contributed by atoms with van der Waals surface area (Å²) in [6, 6.07) is 2.33. The second kappa shape index (κ2) is 3.74. The topological polar surface area (TPSA) is 50.9 Å². The number of rotatable bonds is 3. The lowest BCUT2D eigenvalue weighted by Gasteiger charge is -2.14. The van der Waals surface area contributed by atoms with Gasteiger partial charge in [-0.3, -0.25) is 16.3 Å². The third-order valence-corrected chi connectivity index (χ3v) is 2.79. The van der Waals surface area contributed by atoms with Gasteiger partial charge in [-0.2, -0.15) is 0 Å². The van der Waals surface area contributed by atoms with Crippen LogP contribution in [0.15, 0.2) is 22.9 Å². The highest BCUT2D eigenvalue weighted by Gasteiger charge is 2.31. The number of aromatic nitrogens is 1. The third-order valence-electron chi connectivity index (χ3n) is 2.36. The standard InChI is InChI=1S/C9H12BrN3/c10-8-3-7(4-12-5-8)9(13-11)6-1-2-6/h3-6,9,13H,1-2,11H2. The number of nitrogens with two attached hydrogens (primary N) is 1. The van der Waals surface area contributed by atoms with Crippen LogP contribution < -0.4 is 11.3 Å². The fourth-order valence-electron chi connectivity index (χ4n) is 1.53. The van der Waals surface area contributed by atoms with E-state index >= 15 is 0 Å². The Balaban J connectivity index is 2.21. The predicted molar refractivity (Wildman–Crippen MR) is 54.7 cm³/mol. The predicted octanol–water partition coefficient (Wildman–Crippen LogP) is 1.76. The molecule has 1 aromatic rings. The number of nitrogens with one attached hydrogen (secondary N) is 1. The van der Waals surface area contributed by atoms with Crippen molar-refractivity contribution in [2.75, 3.05) is 0 Å². The van der Waals surface area contributed by atoms with Crippen LogP contribution in [0.1, 0.15) is 24.4 Å². The fraction of sp³-hybridized carbons (Fsp3) is 0.444. The molecule has 1 atom stereocenters. The average Bonchev–Trinajstić information content (AvgIpc) is 2.90. The average molecular weight is 242 g/mol. The largest absolute Gasteiger partial charge is 0.271 e. The van der Waals surface area contributed by atoms with Crippen LogP contribution in [0.25, 0.3) is 0 Å². The van der Waals surface area contributed by atoms with Crippen molar-refractivity contribution in [2.45, 2.75) is 18.9 Å². The summed E-state index contributed by atoms with van der Waals surface area (Å²) < 4.78 is 1.01. The van der Waals surface area contributed by atoms with Crippen LogP contribution in [0.4, 0.5) is 0 Å². The molecule has 0 amide bonds. The van der Waals surface area contributed by atoms with Crippen molar-refractivity contribution in [1.29, 1.82) is 0 Å². The van der Waals surface area contributed by atoms with Crippen molar-refractivity contribution in [2.24, 2.45) is 11.8 Å². The van der Waals surface area contributed by atoms with E-state index in [0.717, 1.165) is 4.47 Å². The Kier molecular flexibility index (Phi) is 2.62. The molecule has 1 aliphatic carbocycles. The first-order valence-electron chi connectivity index (χ1n) is 4.38. The Labute approximate surface area is 85.8 Å². The van der Waals surface area contributed by atoms with Gasteiger partial charge >= 0.3 is 0 Å². The zero-order chi connectivity index (χ0) is 9.26. The molecular formula is C9H12BrN3. The van der Waals surface area contributed by atoms with Crippen molar-refractivity contribution in [3.05, 3.63) is 28.5 Å². The van der Waals surface area contributed by atoms with Crippen molar-refractivity contribution in [1.82, 2.24) is 10.4 Å². The lowest BCUT2D eigenvalue weighted by molar-refractivity contribution is 0.495. The van der Waals surface area contributed by atoms with Crippen molar-refractivity contribution in [3.8, 4) is 0 Å². The van der Waals surface area contributed by atoms with E-state index in [0.29, 0.717) is 5.92 Å². The van der Waals surface area contributed by atoms with Crippen LogP contribution in [0.5, 0.6) is 0 Å². The molecule has 0 aliphatic heterocycles. The van der Waals surface area contributed by atoms with Gasteiger partial charge in [0, 0.05) is 16.9 Å². The molecule has 0 aromatic carbocycles. The first-order valence-corrected chi connectivity index (χ1v) is 5.17. The van der Waals surface area contributed by atoms with Gasteiger partial charge in [0.05, 0.1) is 6.04 Å². The molecule has 0 saturated heterocycles. The molecular weight excluding hydrogens is 230 g/mol. The van der Waals surface area contributed by atoms with Gasteiger partial charge < -0.3 is 0 Å². The minimum absolute atomic E-state index is 0.269. The summed E-state index contributed by atoms with van der Waals surface area (Å²) in [5.41, 5.74) is 4.01. The van der Waals surface area contributed by atoms with Gasteiger partial charge in [0.25, 0.3) is 0 Å². The van der Waals surface area contributed by atoms with Gasteiger partial charge in [-0.25, -0.2) is 0 Å². The Hall–Kier alpha value is -0.450. The lowest BCUT2D eigenvalue weighted by atomic mass is 10.1. The van der Waals surface area contributed by atoms with Crippen molar-refractivity contribution < 1.29 is 0 Å². The van der Waals surface area contributed by atoms with Crippen LogP contribution in [-0.4, -0.2) is 4.98 Å². The lowest BCUT2D eigenvalue weighted by Crippen LogP contribution is -2.29. The number of hydrogen-bond donors (Lipinski definition) is 2. The van der Waals surface area contributed by atoms with E-state index in [1.807, 2.05) is 6.20 Å². The molecule has 13 heavy (non-hydrogen) atoms. The zero-order valence-corrected chi connectivity index (χ0v) is 8.79. The summed E-state index contributed by atoms with van der Waals surface area (Å²) in [6.45, 7) is 0. The number of hydrazine groups is 1. The van der Waals surface area contributed by atoms with E-state index in [2.05, 4.69) is 32.4 Å². The first-order chi connectivity index (χ1) is 6.31. The van der Waals surface area contributed by atoms with Crippen molar-refractivity contribution in [3.63, 3.8) is 0 Å². The summed E-state index contributed by atoms with van der Waals surface area (Å²) in [7, 11) is 0. The quantitative estimate of drug-likeness (QED) is 0.627. The van der Waals surface area contributed by atoms with Crippen LogP contribution >= 0.6 is 15.9 Å². The molecule has 1 heterocycles. The monoisotopic (exact) mass is 241 g/mol. The van der Waals surface area contributed by atoms with E-state index in [9.17, 15) is 0 Å². The smallest absolute Gasteiger partial charge is 0.0503 e. The molecule has 1 saturated carbocycles. The molecule has 0 bridgehead atoms. The normalized spacial score (nSPS) is 18.6. The first kappa shape index (κ1) is 9.12. The molecule has 70 valence electrons. The zero-order valence-electron chi connectivity index (χ0n) is 7.20. The molecule has 1 unspecified atom stereocenters. The Morgan fingerprint density at radius 3 is 2.85 bits per heavy atom. The van der Waals surface area contributed by atoms with E-state index in [1.54, 1.807) is 6.20 Å². The van der Waals surface area contributed by atoms with E-state index in [4.69, 9.17) is 5.84 Å². The van der Waals surface area contributed by atoms with Gasteiger partial charge in [-0.15, -0.1) is 0 Å².